The van der Waals surface area contributed by atoms with E-state index in [1.54, 1.807) is 22.9 Å². The summed E-state index contributed by atoms with van der Waals surface area (Å²) in [5.74, 6) is 0.978. The summed E-state index contributed by atoms with van der Waals surface area (Å²) in [7, 11) is 0. The summed E-state index contributed by atoms with van der Waals surface area (Å²) in [6, 6.07) is 22.0. The first-order valence-corrected chi connectivity index (χ1v) is 15.1. The van der Waals surface area contributed by atoms with Crippen molar-refractivity contribution in [1.82, 2.24) is 24.4 Å². The maximum atomic E-state index is 14.9. The van der Waals surface area contributed by atoms with E-state index in [2.05, 4.69) is 17.0 Å². The van der Waals surface area contributed by atoms with Crippen molar-refractivity contribution in [2.24, 2.45) is 0 Å². The first kappa shape index (κ1) is 28.3. The lowest BCUT2D eigenvalue weighted by atomic mass is 10.1. The number of thiazole rings is 1. The molecule has 3 heterocycles. The van der Waals surface area contributed by atoms with Gasteiger partial charge in [-0.15, -0.1) is 5.10 Å². The van der Waals surface area contributed by atoms with Crippen molar-refractivity contribution >= 4 is 22.4 Å². The quantitative estimate of drug-likeness (QED) is 0.163. The minimum Gasteiger partial charge on any atom is -0.494 e. The lowest BCUT2D eigenvalue weighted by Crippen LogP contribution is -2.23. The SMILES string of the molecule is CCCCOc1ccc(-c2nc3s/c(=C\c4cn(-c5ccccc5)nc4-c4ccc(OCCC)c(F)c4)c(=O)n3n2)cc1. The topological polar surface area (TPSA) is 83.5 Å². The summed E-state index contributed by atoms with van der Waals surface area (Å²) >= 11 is 1.24. The summed E-state index contributed by atoms with van der Waals surface area (Å²) in [5, 5.41) is 9.25. The van der Waals surface area contributed by atoms with Crippen LogP contribution in [-0.4, -0.2) is 37.6 Å². The third kappa shape index (κ3) is 6.05. The van der Waals surface area contributed by atoms with Crippen LogP contribution < -0.4 is 19.6 Å². The smallest absolute Gasteiger partial charge is 0.291 e. The van der Waals surface area contributed by atoms with Crippen LogP contribution in [0.2, 0.25) is 0 Å². The molecule has 3 aromatic carbocycles. The number of para-hydroxylation sites is 1. The molecule has 0 amide bonds. The van der Waals surface area contributed by atoms with Gasteiger partial charge >= 0.3 is 0 Å². The van der Waals surface area contributed by atoms with E-state index in [1.807, 2.05) is 67.7 Å². The van der Waals surface area contributed by atoms with Crippen LogP contribution in [0.4, 0.5) is 4.39 Å². The summed E-state index contributed by atoms with van der Waals surface area (Å²) in [5.41, 5.74) is 3.10. The number of halogens is 1. The summed E-state index contributed by atoms with van der Waals surface area (Å²) in [6.45, 7) is 5.19. The average molecular weight is 596 g/mol. The second-order valence-corrected chi connectivity index (χ2v) is 11.0. The van der Waals surface area contributed by atoms with E-state index in [4.69, 9.17) is 14.6 Å². The second kappa shape index (κ2) is 12.6. The number of nitrogens with zero attached hydrogens (tertiary/aromatic N) is 5. The van der Waals surface area contributed by atoms with Crippen LogP contribution in [0.3, 0.4) is 0 Å². The van der Waals surface area contributed by atoms with Gasteiger partial charge in [0.25, 0.3) is 5.56 Å². The van der Waals surface area contributed by atoms with E-state index >= 15 is 0 Å². The van der Waals surface area contributed by atoms with Crippen molar-refractivity contribution in [1.29, 1.82) is 0 Å². The Balaban J connectivity index is 1.36. The zero-order valence-electron chi connectivity index (χ0n) is 23.9. The lowest BCUT2D eigenvalue weighted by molar-refractivity contribution is 0.301. The van der Waals surface area contributed by atoms with E-state index in [0.717, 1.165) is 36.3 Å². The predicted molar refractivity (Wildman–Crippen MR) is 167 cm³/mol. The zero-order valence-corrected chi connectivity index (χ0v) is 24.7. The van der Waals surface area contributed by atoms with Gasteiger partial charge in [-0.1, -0.05) is 49.8 Å². The maximum absolute atomic E-state index is 14.9. The first-order chi connectivity index (χ1) is 21.0. The lowest BCUT2D eigenvalue weighted by Gasteiger charge is -2.07. The molecule has 0 saturated carbocycles. The molecular formula is C33H30FN5O3S. The van der Waals surface area contributed by atoms with Gasteiger partial charge in [0.2, 0.25) is 4.96 Å². The molecule has 0 atom stereocenters. The maximum Gasteiger partial charge on any atom is 0.291 e. The molecule has 0 N–H and O–H groups in total. The fraction of sp³-hybridized carbons (Fsp3) is 0.212. The Morgan fingerprint density at radius 3 is 2.42 bits per heavy atom. The number of hydrogen-bond acceptors (Lipinski definition) is 7. The van der Waals surface area contributed by atoms with Gasteiger partial charge in [0.1, 0.15) is 11.4 Å². The molecule has 6 aromatic rings. The third-order valence-corrected chi connectivity index (χ3v) is 7.74. The number of benzene rings is 3. The highest BCUT2D eigenvalue weighted by atomic mass is 32.1. The number of aromatic nitrogens is 5. The Hall–Kier alpha value is -4.83. The second-order valence-electron chi connectivity index (χ2n) is 9.98. The van der Waals surface area contributed by atoms with Crippen molar-refractivity contribution in [2.75, 3.05) is 13.2 Å². The Morgan fingerprint density at radius 2 is 1.70 bits per heavy atom. The molecule has 3 aromatic heterocycles. The Bertz CT molecular complexity index is 1970. The van der Waals surface area contributed by atoms with E-state index in [0.29, 0.717) is 45.4 Å². The normalized spacial score (nSPS) is 11.8. The van der Waals surface area contributed by atoms with Crippen LogP contribution in [0, 0.1) is 5.82 Å². The Kier molecular flexibility index (Phi) is 8.28. The summed E-state index contributed by atoms with van der Waals surface area (Å²) in [4.78, 5) is 18.5. The standard InChI is InChI=1S/C33H30FN5O3S/c1-3-5-18-41-26-14-11-22(12-15-26)31-35-33-39(37-31)32(40)29(43-33)20-24-21-38(25-9-7-6-8-10-25)36-30(24)23-13-16-28(27(34)19-23)42-17-4-2/h6-16,19-21H,3-5,17-18H2,1-2H3/b29-20-. The molecule has 0 radical (unpaired) electrons. The van der Waals surface area contributed by atoms with Crippen LogP contribution in [0.1, 0.15) is 38.7 Å². The van der Waals surface area contributed by atoms with Crippen LogP contribution in [0.25, 0.3) is 39.4 Å². The molecule has 0 spiro atoms. The van der Waals surface area contributed by atoms with Gasteiger partial charge in [0.15, 0.2) is 17.4 Å². The molecule has 0 aliphatic rings. The average Bonchev–Trinajstić information content (AvgIpc) is 3.72. The van der Waals surface area contributed by atoms with Crippen molar-refractivity contribution in [3.05, 3.63) is 105 Å². The van der Waals surface area contributed by atoms with E-state index < -0.39 is 5.82 Å². The number of rotatable bonds is 11. The number of ether oxygens (including phenoxy) is 2. The molecule has 0 unspecified atom stereocenters. The fourth-order valence-corrected chi connectivity index (χ4v) is 5.44. The van der Waals surface area contributed by atoms with Gasteiger partial charge < -0.3 is 9.47 Å². The van der Waals surface area contributed by atoms with Crippen LogP contribution in [0.5, 0.6) is 11.5 Å². The summed E-state index contributed by atoms with van der Waals surface area (Å²) in [6.07, 6.45) is 6.43. The van der Waals surface area contributed by atoms with E-state index in [1.165, 1.54) is 21.9 Å². The largest absolute Gasteiger partial charge is 0.494 e. The highest BCUT2D eigenvalue weighted by Gasteiger charge is 2.16. The highest BCUT2D eigenvalue weighted by molar-refractivity contribution is 7.15. The fourth-order valence-electron chi connectivity index (χ4n) is 4.54. The molecular weight excluding hydrogens is 565 g/mol. The summed E-state index contributed by atoms with van der Waals surface area (Å²) < 4.78 is 29.7. The van der Waals surface area contributed by atoms with Crippen LogP contribution in [-0.2, 0) is 0 Å². The molecule has 218 valence electrons. The highest BCUT2D eigenvalue weighted by Crippen LogP contribution is 2.29. The van der Waals surface area contributed by atoms with Gasteiger partial charge in [0, 0.05) is 22.9 Å². The molecule has 10 heteroatoms. The predicted octanol–water partition coefficient (Wildman–Crippen LogP) is 6.33. The minimum absolute atomic E-state index is 0.195. The van der Waals surface area contributed by atoms with Crippen molar-refractivity contribution in [3.8, 4) is 39.8 Å². The number of hydrogen-bond donors (Lipinski definition) is 0. The molecule has 6 rings (SSSR count). The van der Waals surface area contributed by atoms with Gasteiger partial charge in [-0.2, -0.15) is 14.6 Å². The molecule has 0 bridgehead atoms. The van der Waals surface area contributed by atoms with Gasteiger partial charge in [0.05, 0.1) is 23.4 Å². The molecule has 8 nitrogen and oxygen atoms in total. The van der Waals surface area contributed by atoms with E-state index in [-0.39, 0.29) is 11.3 Å². The zero-order chi connectivity index (χ0) is 29.8. The van der Waals surface area contributed by atoms with Gasteiger partial charge in [-0.3, -0.25) is 4.79 Å². The number of unbranched alkanes of at least 4 members (excludes halogenated alkanes) is 1. The van der Waals surface area contributed by atoms with Crippen molar-refractivity contribution < 1.29 is 13.9 Å². The molecule has 0 aliphatic heterocycles. The van der Waals surface area contributed by atoms with E-state index in [9.17, 15) is 9.18 Å². The molecule has 0 saturated heterocycles. The third-order valence-electron chi connectivity index (χ3n) is 6.78. The number of fused-ring (bicyclic) bond motifs is 1. The Morgan fingerprint density at radius 1 is 0.907 bits per heavy atom. The monoisotopic (exact) mass is 595 g/mol. The first-order valence-electron chi connectivity index (χ1n) is 14.3. The minimum atomic E-state index is -0.470. The molecule has 0 aliphatic carbocycles. The van der Waals surface area contributed by atoms with Crippen LogP contribution >= 0.6 is 11.3 Å². The molecule has 43 heavy (non-hydrogen) atoms. The van der Waals surface area contributed by atoms with Gasteiger partial charge in [-0.25, -0.2) is 9.07 Å². The van der Waals surface area contributed by atoms with Gasteiger partial charge in [-0.05, 0) is 73.5 Å². The Labute approximate surface area is 251 Å². The van der Waals surface area contributed by atoms with Crippen molar-refractivity contribution in [3.63, 3.8) is 0 Å². The van der Waals surface area contributed by atoms with Crippen molar-refractivity contribution in [2.45, 2.75) is 33.1 Å². The molecule has 0 fully saturated rings. The van der Waals surface area contributed by atoms with Crippen LogP contribution in [0.15, 0.2) is 83.8 Å².